The molecule has 0 aromatic rings. The van der Waals surface area contributed by atoms with E-state index in [2.05, 4.69) is 12.3 Å². The summed E-state index contributed by atoms with van der Waals surface area (Å²) in [5.41, 5.74) is 2.79. The Hall–Kier alpha value is -0.570. The van der Waals surface area contributed by atoms with Gasteiger partial charge < -0.3 is 5.43 Å². The van der Waals surface area contributed by atoms with E-state index in [-0.39, 0.29) is 0 Å². The molecule has 0 aromatic carbocycles. The predicted molar refractivity (Wildman–Crippen MR) is 75.0 cm³/mol. The molecule has 3 heteroatoms. The van der Waals surface area contributed by atoms with E-state index in [1.807, 2.05) is 0 Å². The topological polar surface area (TPSA) is 50.4 Å². The summed E-state index contributed by atoms with van der Waals surface area (Å²) in [6.07, 6.45) is 14.1. The maximum absolute atomic E-state index is 5.55. The third kappa shape index (κ3) is 6.67. The molecule has 0 bridgehead atoms. The third-order valence-electron chi connectivity index (χ3n) is 3.60. The fourth-order valence-electron chi connectivity index (χ4n) is 2.50. The lowest BCUT2D eigenvalue weighted by Crippen LogP contribution is -2.32. The van der Waals surface area contributed by atoms with Crippen molar-refractivity contribution < 1.29 is 0 Å². The van der Waals surface area contributed by atoms with Gasteiger partial charge in [0.15, 0.2) is 0 Å². The Morgan fingerprint density at radius 2 is 1.82 bits per heavy atom. The Morgan fingerprint density at radius 3 is 2.47 bits per heavy atom. The highest BCUT2D eigenvalue weighted by molar-refractivity contribution is 5.81. The number of hydrazine groups is 1. The Morgan fingerprint density at radius 1 is 1.12 bits per heavy atom. The molecular formula is C14H29N3. The van der Waals surface area contributed by atoms with Crippen LogP contribution in [0.2, 0.25) is 0 Å². The minimum Gasteiger partial charge on any atom is -0.312 e. The molecule has 3 N–H and O–H groups in total. The van der Waals surface area contributed by atoms with Gasteiger partial charge in [0.25, 0.3) is 0 Å². The molecule has 0 aromatic heterocycles. The number of nitrogens with zero attached hydrogens (tertiary/aromatic N) is 1. The van der Waals surface area contributed by atoms with Gasteiger partial charge in [-0.1, -0.05) is 51.9 Å². The SMILES string of the molecule is CCCCCCCC(=NC1CCCCC1)NN. The summed E-state index contributed by atoms with van der Waals surface area (Å²) in [5, 5.41) is 0. The summed E-state index contributed by atoms with van der Waals surface area (Å²) < 4.78 is 0. The molecule has 1 saturated carbocycles. The number of nitrogens with one attached hydrogen (secondary N) is 1. The molecular weight excluding hydrogens is 210 g/mol. The number of hydrogen-bond donors (Lipinski definition) is 2. The predicted octanol–water partition coefficient (Wildman–Crippen LogP) is 3.54. The van der Waals surface area contributed by atoms with Crippen molar-refractivity contribution in [1.82, 2.24) is 5.43 Å². The first-order chi connectivity index (χ1) is 8.36. The van der Waals surface area contributed by atoms with E-state index in [1.54, 1.807) is 0 Å². The summed E-state index contributed by atoms with van der Waals surface area (Å²) in [6.45, 7) is 2.25. The first-order valence-corrected chi connectivity index (χ1v) is 7.40. The summed E-state index contributed by atoms with van der Waals surface area (Å²) >= 11 is 0. The van der Waals surface area contributed by atoms with Crippen molar-refractivity contribution >= 4 is 5.84 Å². The molecule has 1 aliphatic rings. The number of rotatable bonds is 7. The Labute approximate surface area is 106 Å². The van der Waals surface area contributed by atoms with Crippen molar-refractivity contribution in [2.45, 2.75) is 83.6 Å². The highest BCUT2D eigenvalue weighted by atomic mass is 15.3. The third-order valence-corrected chi connectivity index (χ3v) is 3.60. The molecule has 0 amide bonds. The Kier molecular flexibility index (Phi) is 8.06. The lowest BCUT2D eigenvalue weighted by atomic mass is 9.96. The van der Waals surface area contributed by atoms with Crippen molar-refractivity contribution in [3.8, 4) is 0 Å². The van der Waals surface area contributed by atoms with E-state index in [1.165, 1.54) is 64.2 Å². The maximum Gasteiger partial charge on any atom is 0.111 e. The zero-order valence-corrected chi connectivity index (χ0v) is 11.4. The van der Waals surface area contributed by atoms with Crippen LogP contribution < -0.4 is 11.3 Å². The summed E-state index contributed by atoms with van der Waals surface area (Å²) in [4.78, 5) is 4.75. The lowest BCUT2D eigenvalue weighted by Gasteiger charge is -2.19. The quantitative estimate of drug-likeness (QED) is 0.235. The van der Waals surface area contributed by atoms with Gasteiger partial charge in [0.05, 0.1) is 6.04 Å². The van der Waals surface area contributed by atoms with Crippen LogP contribution in [0.25, 0.3) is 0 Å². The van der Waals surface area contributed by atoms with Gasteiger partial charge in [0.1, 0.15) is 5.84 Å². The zero-order valence-electron chi connectivity index (χ0n) is 11.4. The molecule has 0 atom stereocenters. The van der Waals surface area contributed by atoms with E-state index < -0.39 is 0 Å². The van der Waals surface area contributed by atoms with E-state index in [9.17, 15) is 0 Å². The highest BCUT2D eigenvalue weighted by Crippen LogP contribution is 2.20. The number of amidine groups is 1. The molecule has 100 valence electrons. The molecule has 1 fully saturated rings. The van der Waals surface area contributed by atoms with Gasteiger partial charge >= 0.3 is 0 Å². The summed E-state index contributed by atoms with van der Waals surface area (Å²) in [7, 11) is 0. The van der Waals surface area contributed by atoms with Gasteiger partial charge in [-0.05, 0) is 19.3 Å². The summed E-state index contributed by atoms with van der Waals surface area (Å²) in [6, 6.07) is 0.533. The van der Waals surface area contributed by atoms with E-state index >= 15 is 0 Å². The summed E-state index contributed by atoms with van der Waals surface area (Å²) in [5.74, 6) is 6.57. The average Bonchev–Trinajstić information content (AvgIpc) is 2.38. The monoisotopic (exact) mass is 239 g/mol. The van der Waals surface area contributed by atoms with Crippen molar-refractivity contribution in [3.63, 3.8) is 0 Å². The van der Waals surface area contributed by atoms with Crippen LogP contribution in [0.4, 0.5) is 0 Å². The molecule has 0 spiro atoms. The van der Waals surface area contributed by atoms with Crippen molar-refractivity contribution in [1.29, 1.82) is 0 Å². The molecule has 0 aliphatic heterocycles. The molecule has 17 heavy (non-hydrogen) atoms. The van der Waals surface area contributed by atoms with Crippen LogP contribution in [-0.2, 0) is 0 Å². The van der Waals surface area contributed by atoms with Crippen LogP contribution >= 0.6 is 0 Å². The second-order valence-corrected chi connectivity index (χ2v) is 5.18. The molecule has 3 nitrogen and oxygen atoms in total. The van der Waals surface area contributed by atoms with Crippen LogP contribution in [-0.4, -0.2) is 11.9 Å². The average molecular weight is 239 g/mol. The van der Waals surface area contributed by atoms with Crippen LogP contribution in [0, 0.1) is 0 Å². The highest BCUT2D eigenvalue weighted by Gasteiger charge is 2.12. The van der Waals surface area contributed by atoms with Gasteiger partial charge in [-0.2, -0.15) is 0 Å². The normalized spacial score (nSPS) is 18.4. The van der Waals surface area contributed by atoms with Crippen LogP contribution in [0.1, 0.15) is 77.6 Å². The minimum absolute atomic E-state index is 0.533. The fraction of sp³-hybridized carbons (Fsp3) is 0.929. The standard InChI is InChI=1S/C14H29N3/c1-2-3-4-5-9-12-14(17-15)16-13-10-7-6-8-11-13/h13H,2-12,15H2,1H3,(H,16,17). The maximum atomic E-state index is 5.55. The Bertz CT molecular complexity index is 208. The Balaban J connectivity index is 2.19. The second-order valence-electron chi connectivity index (χ2n) is 5.18. The zero-order chi connectivity index (χ0) is 12.3. The van der Waals surface area contributed by atoms with Gasteiger partial charge in [-0.3, -0.25) is 4.99 Å². The lowest BCUT2D eigenvalue weighted by molar-refractivity contribution is 0.441. The van der Waals surface area contributed by atoms with Gasteiger partial charge in [0, 0.05) is 6.42 Å². The van der Waals surface area contributed by atoms with Gasteiger partial charge in [-0.25, -0.2) is 5.84 Å². The number of hydrogen-bond acceptors (Lipinski definition) is 2. The number of aliphatic imine (C=N–C) groups is 1. The van der Waals surface area contributed by atoms with E-state index in [0.29, 0.717) is 6.04 Å². The van der Waals surface area contributed by atoms with Crippen molar-refractivity contribution in [3.05, 3.63) is 0 Å². The largest absolute Gasteiger partial charge is 0.312 e. The second kappa shape index (κ2) is 9.46. The fourth-order valence-corrected chi connectivity index (χ4v) is 2.50. The first kappa shape index (κ1) is 14.5. The molecule has 0 unspecified atom stereocenters. The van der Waals surface area contributed by atoms with Gasteiger partial charge in [0.2, 0.25) is 0 Å². The molecule has 1 aliphatic carbocycles. The number of unbranched alkanes of at least 4 members (excludes halogenated alkanes) is 4. The van der Waals surface area contributed by atoms with E-state index in [4.69, 9.17) is 10.8 Å². The minimum atomic E-state index is 0.533. The van der Waals surface area contributed by atoms with Crippen molar-refractivity contribution in [2.75, 3.05) is 0 Å². The molecule has 0 saturated heterocycles. The van der Waals surface area contributed by atoms with Gasteiger partial charge in [-0.15, -0.1) is 0 Å². The van der Waals surface area contributed by atoms with Crippen LogP contribution in [0.3, 0.4) is 0 Å². The molecule has 0 radical (unpaired) electrons. The van der Waals surface area contributed by atoms with Crippen LogP contribution in [0.15, 0.2) is 4.99 Å². The van der Waals surface area contributed by atoms with E-state index in [0.717, 1.165) is 12.3 Å². The smallest absolute Gasteiger partial charge is 0.111 e. The molecule has 1 rings (SSSR count). The van der Waals surface area contributed by atoms with Crippen molar-refractivity contribution in [2.24, 2.45) is 10.8 Å². The first-order valence-electron chi connectivity index (χ1n) is 7.40. The number of nitrogens with two attached hydrogens (primary N) is 1. The van der Waals surface area contributed by atoms with Crippen LogP contribution in [0.5, 0.6) is 0 Å². The molecule has 0 heterocycles.